The van der Waals surface area contributed by atoms with Gasteiger partial charge in [-0.05, 0) is 12.1 Å². The van der Waals surface area contributed by atoms with E-state index < -0.39 is 23.6 Å². The maximum Gasteiger partial charge on any atom is 0.418 e. The van der Waals surface area contributed by atoms with E-state index in [1.165, 1.54) is 19.2 Å². The van der Waals surface area contributed by atoms with Gasteiger partial charge in [0.2, 0.25) is 0 Å². The highest BCUT2D eigenvalue weighted by Gasteiger charge is 2.34. The Bertz CT molecular complexity index is 463. The molecule has 0 amide bonds. The molecule has 7 heteroatoms. The molecule has 0 aliphatic carbocycles. The molecular formula is C12H13ClF3NO2. The number of carbonyl (C=O) groups is 1. The van der Waals surface area contributed by atoms with Crippen LogP contribution in [0.25, 0.3) is 0 Å². The third kappa shape index (κ3) is 4.02. The van der Waals surface area contributed by atoms with Crippen molar-refractivity contribution in [2.24, 2.45) is 5.92 Å². The second-order valence-corrected chi connectivity index (χ2v) is 4.37. The summed E-state index contributed by atoms with van der Waals surface area (Å²) in [6.45, 7) is 1.54. The van der Waals surface area contributed by atoms with Gasteiger partial charge >= 0.3 is 12.1 Å². The Kier molecular flexibility index (Phi) is 5.05. The van der Waals surface area contributed by atoms with Crippen LogP contribution in [-0.4, -0.2) is 19.6 Å². The highest BCUT2D eigenvalue weighted by molar-refractivity contribution is 6.33. The van der Waals surface area contributed by atoms with E-state index in [0.717, 1.165) is 6.07 Å². The maximum atomic E-state index is 12.8. The number of carbonyl (C=O) groups excluding carboxylic acids is 1. The molecule has 1 aromatic carbocycles. The molecule has 0 bridgehead atoms. The fourth-order valence-corrected chi connectivity index (χ4v) is 1.72. The molecule has 0 aliphatic rings. The van der Waals surface area contributed by atoms with Crippen molar-refractivity contribution in [1.29, 1.82) is 0 Å². The fraction of sp³-hybridized carbons (Fsp3) is 0.417. The first kappa shape index (κ1) is 15.6. The molecule has 0 radical (unpaired) electrons. The molecule has 1 aromatic rings. The predicted octanol–water partition coefficient (Wildman–Crippen LogP) is 3.58. The van der Waals surface area contributed by atoms with E-state index in [1.807, 2.05) is 0 Å². The Balaban J connectivity index is 2.92. The van der Waals surface area contributed by atoms with Gasteiger partial charge < -0.3 is 10.1 Å². The van der Waals surface area contributed by atoms with Crippen LogP contribution in [0.1, 0.15) is 12.5 Å². The Labute approximate surface area is 113 Å². The Morgan fingerprint density at radius 3 is 2.63 bits per heavy atom. The van der Waals surface area contributed by atoms with Crippen LogP contribution in [-0.2, 0) is 15.7 Å². The molecule has 3 nitrogen and oxygen atoms in total. The number of halogens is 4. The van der Waals surface area contributed by atoms with E-state index in [0.29, 0.717) is 0 Å². The lowest BCUT2D eigenvalue weighted by Crippen LogP contribution is -2.22. The van der Waals surface area contributed by atoms with Crippen LogP contribution in [0.15, 0.2) is 18.2 Å². The van der Waals surface area contributed by atoms with Gasteiger partial charge in [0.25, 0.3) is 0 Å². The minimum atomic E-state index is -4.51. The molecule has 0 aromatic heterocycles. The van der Waals surface area contributed by atoms with Gasteiger partial charge in [-0.2, -0.15) is 13.2 Å². The molecule has 0 spiro atoms. The van der Waals surface area contributed by atoms with E-state index in [-0.39, 0.29) is 17.3 Å². The monoisotopic (exact) mass is 295 g/mol. The topological polar surface area (TPSA) is 38.3 Å². The molecule has 1 atom stereocenters. The van der Waals surface area contributed by atoms with Gasteiger partial charge in [0, 0.05) is 6.54 Å². The van der Waals surface area contributed by atoms with Crippen LogP contribution in [0.3, 0.4) is 0 Å². The minimum absolute atomic E-state index is 0.000509. The normalized spacial score (nSPS) is 12.9. The Morgan fingerprint density at radius 1 is 1.47 bits per heavy atom. The van der Waals surface area contributed by atoms with Crippen molar-refractivity contribution in [3.8, 4) is 0 Å². The molecule has 106 valence electrons. The number of hydrogen-bond acceptors (Lipinski definition) is 3. The number of rotatable bonds is 4. The van der Waals surface area contributed by atoms with Gasteiger partial charge in [0.1, 0.15) is 0 Å². The second kappa shape index (κ2) is 6.14. The Morgan fingerprint density at radius 2 is 2.11 bits per heavy atom. The fourth-order valence-electron chi connectivity index (χ4n) is 1.48. The summed E-state index contributed by atoms with van der Waals surface area (Å²) in [4.78, 5) is 11.2. The number of benzene rings is 1. The van der Waals surface area contributed by atoms with Crippen molar-refractivity contribution in [1.82, 2.24) is 0 Å². The molecule has 0 saturated carbocycles. The van der Waals surface area contributed by atoms with E-state index in [4.69, 9.17) is 11.6 Å². The van der Waals surface area contributed by atoms with Crippen molar-refractivity contribution < 1.29 is 22.7 Å². The SMILES string of the molecule is COC(=O)C(C)CNc1c(Cl)cccc1C(F)(F)F. The van der Waals surface area contributed by atoms with E-state index in [2.05, 4.69) is 10.1 Å². The second-order valence-electron chi connectivity index (χ2n) is 3.97. The zero-order valence-corrected chi connectivity index (χ0v) is 11.1. The van der Waals surface area contributed by atoms with Crippen LogP contribution >= 0.6 is 11.6 Å². The lowest BCUT2D eigenvalue weighted by Gasteiger charge is -2.17. The number of methoxy groups -OCH3 is 1. The third-order valence-corrected chi connectivity index (χ3v) is 2.82. The lowest BCUT2D eigenvalue weighted by atomic mass is 10.1. The first-order valence-corrected chi connectivity index (χ1v) is 5.82. The molecular weight excluding hydrogens is 283 g/mol. The molecule has 1 N–H and O–H groups in total. The average molecular weight is 296 g/mol. The number of para-hydroxylation sites is 1. The number of anilines is 1. The summed E-state index contributed by atoms with van der Waals surface area (Å²) in [5.74, 6) is -1.09. The summed E-state index contributed by atoms with van der Waals surface area (Å²) in [7, 11) is 1.22. The third-order valence-electron chi connectivity index (χ3n) is 2.51. The highest BCUT2D eigenvalue weighted by atomic mass is 35.5. The number of hydrogen-bond donors (Lipinski definition) is 1. The van der Waals surface area contributed by atoms with Gasteiger partial charge in [-0.1, -0.05) is 24.6 Å². The first-order chi connectivity index (χ1) is 8.77. The molecule has 1 unspecified atom stereocenters. The molecule has 19 heavy (non-hydrogen) atoms. The van der Waals surface area contributed by atoms with Crippen LogP contribution in [0.4, 0.5) is 18.9 Å². The summed E-state index contributed by atoms with van der Waals surface area (Å²) in [5.41, 5.74) is -1.09. The van der Waals surface area contributed by atoms with Crippen molar-refractivity contribution in [2.75, 3.05) is 19.0 Å². The zero-order valence-electron chi connectivity index (χ0n) is 10.3. The molecule has 0 heterocycles. The number of esters is 1. The van der Waals surface area contributed by atoms with Crippen molar-refractivity contribution >= 4 is 23.3 Å². The van der Waals surface area contributed by atoms with Crippen LogP contribution in [0.2, 0.25) is 5.02 Å². The summed E-state index contributed by atoms with van der Waals surface area (Å²) >= 11 is 5.75. The van der Waals surface area contributed by atoms with Crippen molar-refractivity contribution in [3.63, 3.8) is 0 Å². The summed E-state index contributed by atoms with van der Waals surface area (Å²) in [6.07, 6.45) is -4.51. The van der Waals surface area contributed by atoms with E-state index in [9.17, 15) is 18.0 Å². The number of nitrogens with one attached hydrogen (secondary N) is 1. The standard InChI is InChI=1S/C12H13ClF3NO2/c1-7(11(18)19-2)6-17-10-8(12(14,15)16)4-3-5-9(10)13/h3-5,7,17H,6H2,1-2H3. The number of ether oxygens (including phenoxy) is 1. The lowest BCUT2D eigenvalue weighted by molar-refractivity contribution is -0.144. The van der Waals surface area contributed by atoms with Crippen LogP contribution in [0.5, 0.6) is 0 Å². The van der Waals surface area contributed by atoms with Gasteiger partial charge in [0.05, 0.1) is 29.3 Å². The van der Waals surface area contributed by atoms with E-state index >= 15 is 0 Å². The largest absolute Gasteiger partial charge is 0.469 e. The summed E-state index contributed by atoms with van der Waals surface area (Å²) < 4.78 is 42.9. The van der Waals surface area contributed by atoms with Crippen LogP contribution < -0.4 is 5.32 Å². The highest BCUT2D eigenvalue weighted by Crippen LogP contribution is 2.38. The van der Waals surface area contributed by atoms with Crippen LogP contribution in [0, 0.1) is 5.92 Å². The van der Waals surface area contributed by atoms with E-state index in [1.54, 1.807) is 6.92 Å². The van der Waals surface area contributed by atoms with Gasteiger partial charge in [-0.15, -0.1) is 0 Å². The molecule has 0 saturated heterocycles. The molecule has 1 rings (SSSR count). The molecule has 0 fully saturated rings. The maximum absolute atomic E-state index is 12.8. The van der Waals surface area contributed by atoms with Gasteiger partial charge in [-0.25, -0.2) is 0 Å². The Hall–Kier alpha value is -1.43. The average Bonchev–Trinajstić information content (AvgIpc) is 2.34. The summed E-state index contributed by atoms with van der Waals surface area (Å²) in [5, 5.41) is 2.50. The quantitative estimate of drug-likeness (QED) is 0.863. The molecule has 0 aliphatic heterocycles. The first-order valence-electron chi connectivity index (χ1n) is 5.44. The predicted molar refractivity (Wildman–Crippen MR) is 66.1 cm³/mol. The van der Waals surface area contributed by atoms with Gasteiger partial charge in [-0.3, -0.25) is 4.79 Å². The zero-order chi connectivity index (χ0) is 14.6. The van der Waals surface area contributed by atoms with Crippen molar-refractivity contribution in [2.45, 2.75) is 13.1 Å². The summed E-state index contributed by atoms with van der Waals surface area (Å²) in [6, 6.07) is 3.50. The van der Waals surface area contributed by atoms with Gasteiger partial charge in [0.15, 0.2) is 0 Å². The smallest absolute Gasteiger partial charge is 0.418 e. The minimum Gasteiger partial charge on any atom is -0.469 e. The number of alkyl halides is 3. The van der Waals surface area contributed by atoms with Crippen molar-refractivity contribution in [3.05, 3.63) is 28.8 Å².